The molecule has 1 aliphatic heterocycles. The number of para-hydroxylation sites is 1. The van der Waals surface area contributed by atoms with Gasteiger partial charge in [0.05, 0.1) is 22.2 Å². The van der Waals surface area contributed by atoms with E-state index < -0.39 is 11.9 Å². The topological polar surface area (TPSA) is 140 Å². The molecular formula is C29H30Cl2N6O4. The van der Waals surface area contributed by atoms with Crippen molar-refractivity contribution in [1.82, 2.24) is 20.9 Å². The molecule has 214 valence electrons. The van der Waals surface area contributed by atoms with Crippen molar-refractivity contribution in [2.24, 2.45) is 4.99 Å². The molecule has 1 aliphatic rings. The van der Waals surface area contributed by atoms with E-state index in [1.807, 2.05) is 36.2 Å². The number of piperidine rings is 1. The Morgan fingerprint density at radius 3 is 2.63 bits per heavy atom. The maximum Gasteiger partial charge on any atom is 0.287 e. The normalized spacial score (nSPS) is 14.3. The zero-order valence-electron chi connectivity index (χ0n) is 22.5. The number of hydrogen-bond donors (Lipinski definition) is 3. The molecular weight excluding hydrogens is 567 g/mol. The standard InChI is InChI=1S/C29H30Cl2N6O4/c1-18-13-22(30)25(28(40)36-20(16-38)15-34-29(35-17-32)37-11-5-2-6-12-37)26(31)21(18)9-10-33-27(39)24-14-19-7-3-4-8-23(19)41-24/h3-4,7-8,13-14,16,20H,2,5-6,9-12,15H2,1H3,(H,33,39)(H,34,35)(H,36,40)/t20-/m0/s1. The maximum atomic E-state index is 13.2. The number of nitrogens with one attached hydrogen (secondary N) is 3. The lowest BCUT2D eigenvalue weighted by Crippen LogP contribution is -2.44. The molecule has 0 radical (unpaired) electrons. The van der Waals surface area contributed by atoms with Crippen LogP contribution in [0.5, 0.6) is 0 Å². The van der Waals surface area contributed by atoms with Crippen molar-refractivity contribution in [3.63, 3.8) is 0 Å². The van der Waals surface area contributed by atoms with Crippen LogP contribution in [0.1, 0.15) is 51.3 Å². The number of rotatable bonds is 9. The van der Waals surface area contributed by atoms with Crippen LogP contribution >= 0.6 is 23.2 Å². The van der Waals surface area contributed by atoms with Crippen LogP contribution in [0.15, 0.2) is 45.8 Å². The number of nitrogens with zero attached hydrogens (tertiary/aromatic N) is 3. The summed E-state index contributed by atoms with van der Waals surface area (Å²) in [5, 5.41) is 18.2. The van der Waals surface area contributed by atoms with Crippen LogP contribution in [0.3, 0.4) is 0 Å². The van der Waals surface area contributed by atoms with Gasteiger partial charge in [-0.05, 0) is 61.9 Å². The van der Waals surface area contributed by atoms with E-state index in [9.17, 15) is 14.4 Å². The lowest BCUT2D eigenvalue weighted by atomic mass is 10.0. The van der Waals surface area contributed by atoms with Crippen LogP contribution in [-0.4, -0.2) is 61.2 Å². The van der Waals surface area contributed by atoms with Gasteiger partial charge >= 0.3 is 0 Å². The highest BCUT2D eigenvalue weighted by molar-refractivity contribution is 6.40. The van der Waals surface area contributed by atoms with Gasteiger partial charge in [0.2, 0.25) is 5.96 Å². The molecule has 3 N–H and O–H groups in total. The summed E-state index contributed by atoms with van der Waals surface area (Å²) < 4.78 is 5.61. The number of hydrogen-bond acceptors (Lipinski definition) is 6. The van der Waals surface area contributed by atoms with Gasteiger partial charge in [-0.3, -0.25) is 14.9 Å². The number of nitriles is 1. The quantitative estimate of drug-likeness (QED) is 0.110. The number of aliphatic imine (C=N–C) groups is 1. The summed E-state index contributed by atoms with van der Waals surface area (Å²) in [5.74, 6) is -0.438. The van der Waals surface area contributed by atoms with Crippen molar-refractivity contribution in [3.05, 3.63) is 68.9 Å². The molecule has 4 rings (SSSR count). The number of amides is 2. The summed E-state index contributed by atoms with van der Waals surface area (Å²) in [6.45, 7) is 3.47. The van der Waals surface area contributed by atoms with Gasteiger partial charge in [0, 0.05) is 25.0 Å². The largest absolute Gasteiger partial charge is 0.451 e. The summed E-state index contributed by atoms with van der Waals surface area (Å²) >= 11 is 13.1. The second-order valence-corrected chi connectivity index (χ2v) is 10.4. The van der Waals surface area contributed by atoms with Crippen LogP contribution in [0, 0.1) is 18.4 Å². The molecule has 0 bridgehead atoms. The smallest absolute Gasteiger partial charge is 0.287 e. The fourth-order valence-electron chi connectivity index (χ4n) is 4.70. The van der Waals surface area contributed by atoms with E-state index in [0.29, 0.717) is 29.8 Å². The highest BCUT2D eigenvalue weighted by atomic mass is 35.5. The number of furan rings is 1. The minimum Gasteiger partial charge on any atom is -0.451 e. The molecule has 2 amide bonds. The highest BCUT2D eigenvalue weighted by Gasteiger charge is 2.23. The van der Waals surface area contributed by atoms with Crippen molar-refractivity contribution in [3.8, 4) is 6.19 Å². The Bertz CT molecular complexity index is 1470. The van der Waals surface area contributed by atoms with Crippen LogP contribution in [0.2, 0.25) is 10.0 Å². The number of halogens is 2. The van der Waals surface area contributed by atoms with Gasteiger partial charge in [-0.1, -0.05) is 41.4 Å². The molecule has 1 aromatic heterocycles. The third kappa shape index (κ3) is 7.37. The van der Waals surface area contributed by atoms with E-state index in [0.717, 1.165) is 43.3 Å². The van der Waals surface area contributed by atoms with E-state index in [2.05, 4.69) is 20.9 Å². The summed E-state index contributed by atoms with van der Waals surface area (Å²) in [6, 6.07) is 9.66. The Morgan fingerprint density at radius 2 is 1.93 bits per heavy atom. The average Bonchev–Trinajstić information content (AvgIpc) is 3.41. The third-order valence-corrected chi connectivity index (χ3v) is 7.54. The van der Waals surface area contributed by atoms with E-state index in [1.165, 1.54) is 0 Å². The Morgan fingerprint density at radius 1 is 1.17 bits per heavy atom. The van der Waals surface area contributed by atoms with Crippen LogP contribution < -0.4 is 16.0 Å². The van der Waals surface area contributed by atoms with Gasteiger partial charge in [0.25, 0.3) is 11.8 Å². The number of aldehydes is 1. The predicted molar refractivity (Wildman–Crippen MR) is 157 cm³/mol. The van der Waals surface area contributed by atoms with Gasteiger partial charge < -0.3 is 24.7 Å². The Hall–Kier alpha value is -4.07. The molecule has 2 heterocycles. The minimum atomic E-state index is -0.970. The van der Waals surface area contributed by atoms with Gasteiger partial charge in [-0.25, -0.2) is 4.99 Å². The molecule has 3 aromatic rings. The number of aryl methyl sites for hydroxylation is 1. The van der Waals surface area contributed by atoms with E-state index >= 15 is 0 Å². The lowest BCUT2D eigenvalue weighted by Gasteiger charge is -2.28. The Labute approximate surface area is 247 Å². The second kappa shape index (κ2) is 14.0. The fourth-order valence-corrected chi connectivity index (χ4v) is 5.52. The number of carbonyl (C=O) groups is 3. The zero-order chi connectivity index (χ0) is 29.4. The van der Waals surface area contributed by atoms with Crippen LogP contribution in [-0.2, 0) is 11.2 Å². The Kier molecular flexibility index (Phi) is 10.2. The second-order valence-electron chi connectivity index (χ2n) is 9.66. The molecule has 1 saturated heterocycles. The lowest BCUT2D eigenvalue weighted by molar-refractivity contribution is -0.109. The monoisotopic (exact) mass is 596 g/mol. The predicted octanol–water partition coefficient (Wildman–Crippen LogP) is 4.23. The molecule has 0 spiro atoms. The number of likely N-dealkylation sites (tertiary alicyclic amines) is 1. The van der Waals surface area contributed by atoms with Gasteiger partial charge in [-0.15, -0.1) is 0 Å². The van der Waals surface area contributed by atoms with Crippen LogP contribution in [0.4, 0.5) is 0 Å². The van der Waals surface area contributed by atoms with E-state index in [1.54, 1.807) is 18.2 Å². The van der Waals surface area contributed by atoms with Crippen molar-refractivity contribution in [2.45, 2.75) is 38.6 Å². The van der Waals surface area contributed by atoms with Gasteiger partial charge in [0.1, 0.15) is 17.9 Å². The highest BCUT2D eigenvalue weighted by Crippen LogP contribution is 2.31. The van der Waals surface area contributed by atoms with Crippen molar-refractivity contribution in [2.75, 3.05) is 26.2 Å². The zero-order valence-corrected chi connectivity index (χ0v) is 24.0. The molecule has 12 heteroatoms. The molecule has 1 fully saturated rings. The first kappa shape index (κ1) is 29.9. The summed E-state index contributed by atoms with van der Waals surface area (Å²) in [7, 11) is 0. The first-order valence-corrected chi connectivity index (χ1v) is 14.0. The number of guanidine groups is 1. The summed E-state index contributed by atoms with van der Waals surface area (Å²) in [5.41, 5.74) is 2.03. The van der Waals surface area contributed by atoms with E-state index in [4.69, 9.17) is 32.9 Å². The van der Waals surface area contributed by atoms with Crippen molar-refractivity contribution in [1.29, 1.82) is 5.26 Å². The molecule has 41 heavy (non-hydrogen) atoms. The SMILES string of the molecule is Cc1cc(Cl)c(C(=O)N[C@H](C=O)CN=C(NC#N)N2CCCCC2)c(Cl)c1CCNC(=O)c1cc2ccccc2o1. The number of fused-ring (bicyclic) bond motifs is 1. The average molecular weight is 598 g/mol. The minimum absolute atomic E-state index is 0.0276. The van der Waals surface area contributed by atoms with Crippen molar-refractivity contribution >= 4 is 58.2 Å². The molecule has 1 atom stereocenters. The van der Waals surface area contributed by atoms with Crippen LogP contribution in [0.25, 0.3) is 11.0 Å². The number of carbonyl (C=O) groups excluding carboxylic acids is 3. The molecule has 0 unspecified atom stereocenters. The molecule has 2 aromatic carbocycles. The van der Waals surface area contributed by atoms with Gasteiger partial charge in [0.15, 0.2) is 12.0 Å². The summed E-state index contributed by atoms with van der Waals surface area (Å²) in [6.07, 6.45) is 5.85. The number of benzene rings is 2. The maximum absolute atomic E-state index is 13.2. The molecule has 10 nitrogen and oxygen atoms in total. The van der Waals surface area contributed by atoms with Gasteiger partial charge in [-0.2, -0.15) is 5.26 Å². The van der Waals surface area contributed by atoms with E-state index in [-0.39, 0.29) is 40.4 Å². The first-order valence-electron chi connectivity index (χ1n) is 13.3. The first-order chi connectivity index (χ1) is 19.8. The summed E-state index contributed by atoms with van der Waals surface area (Å²) in [4.78, 5) is 43.9. The fraction of sp³-hybridized carbons (Fsp3) is 0.345. The molecule has 0 saturated carbocycles. The van der Waals surface area contributed by atoms with Crippen molar-refractivity contribution < 1.29 is 18.8 Å². The third-order valence-electron chi connectivity index (χ3n) is 6.82. The Balaban J connectivity index is 1.42. The molecule has 0 aliphatic carbocycles.